The van der Waals surface area contributed by atoms with Gasteiger partial charge in [-0.15, -0.1) is 0 Å². The minimum atomic E-state index is -0.0954. The summed E-state index contributed by atoms with van der Waals surface area (Å²) in [5.74, 6) is 1.80. The number of hydrogen-bond acceptors (Lipinski definition) is 3. The monoisotopic (exact) mass is 292 g/mol. The number of hydrogen-bond donors (Lipinski definition) is 1. The summed E-state index contributed by atoms with van der Waals surface area (Å²) < 4.78 is 0. The molecule has 1 amide bonds. The Morgan fingerprint density at radius 1 is 1.45 bits per heavy atom. The first-order chi connectivity index (χ1) is 9.52. The van der Waals surface area contributed by atoms with Crippen LogP contribution in [0.25, 0.3) is 0 Å². The van der Waals surface area contributed by atoms with Crippen molar-refractivity contribution in [1.82, 2.24) is 10.2 Å². The molecule has 3 nitrogen and oxygen atoms in total. The summed E-state index contributed by atoms with van der Waals surface area (Å²) in [6.45, 7) is 7.06. The number of nitrogens with zero attached hydrogens (tertiary/aromatic N) is 1. The number of benzene rings is 1. The molecule has 0 spiro atoms. The van der Waals surface area contributed by atoms with Crippen LogP contribution in [0.2, 0.25) is 0 Å². The molecule has 1 aromatic rings. The van der Waals surface area contributed by atoms with Crippen molar-refractivity contribution in [3.63, 3.8) is 0 Å². The zero-order chi connectivity index (χ0) is 14.7. The van der Waals surface area contributed by atoms with Crippen molar-refractivity contribution in [3.05, 3.63) is 35.4 Å². The fourth-order valence-corrected chi connectivity index (χ4v) is 3.43. The summed E-state index contributed by atoms with van der Waals surface area (Å²) >= 11 is 1.84. The van der Waals surface area contributed by atoms with Gasteiger partial charge in [0, 0.05) is 6.54 Å². The maximum atomic E-state index is 12.4. The molecular formula is C16H24N2OS. The molecule has 1 saturated heterocycles. The minimum absolute atomic E-state index is 0.0155. The van der Waals surface area contributed by atoms with Crippen LogP contribution in [0.1, 0.15) is 31.1 Å². The van der Waals surface area contributed by atoms with Crippen LogP contribution < -0.4 is 5.32 Å². The lowest BCUT2D eigenvalue weighted by Crippen LogP contribution is -2.35. The van der Waals surface area contributed by atoms with E-state index in [2.05, 4.69) is 49.7 Å². The van der Waals surface area contributed by atoms with Gasteiger partial charge in [0.05, 0.1) is 6.04 Å². The number of carbonyl (C=O) groups excluding carboxylic acids is 1. The van der Waals surface area contributed by atoms with E-state index < -0.39 is 0 Å². The molecule has 3 unspecified atom stereocenters. The molecule has 0 bridgehead atoms. The first-order valence-corrected chi connectivity index (χ1v) is 8.54. The highest BCUT2D eigenvalue weighted by Crippen LogP contribution is 2.27. The third-order valence-electron chi connectivity index (χ3n) is 3.69. The highest BCUT2D eigenvalue weighted by Gasteiger charge is 2.37. The predicted octanol–water partition coefficient (Wildman–Crippen LogP) is 2.81. The van der Waals surface area contributed by atoms with Gasteiger partial charge >= 0.3 is 0 Å². The lowest BCUT2D eigenvalue weighted by Gasteiger charge is -2.27. The largest absolute Gasteiger partial charge is 0.321 e. The summed E-state index contributed by atoms with van der Waals surface area (Å²) in [6.07, 6.45) is 2.13. The molecule has 4 heteroatoms. The summed E-state index contributed by atoms with van der Waals surface area (Å²) in [5.41, 5.74) is 2.41. The molecule has 1 aliphatic heterocycles. The number of thioether (sulfide) groups is 1. The molecule has 110 valence electrons. The molecule has 1 fully saturated rings. The first-order valence-electron chi connectivity index (χ1n) is 7.15. The lowest BCUT2D eigenvalue weighted by atomic mass is 10.1. The Morgan fingerprint density at radius 3 is 2.85 bits per heavy atom. The molecule has 1 aromatic carbocycles. The fourth-order valence-electron chi connectivity index (χ4n) is 2.76. The smallest absolute Gasteiger partial charge is 0.241 e. The molecule has 1 heterocycles. The average molecular weight is 292 g/mol. The Labute approximate surface area is 126 Å². The molecule has 0 radical (unpaired) electrons. The number of nitrogens with one attached hydrogen (secondary N) is 1. The van der Waals surface area contributed by atoms with Gasteiger partial charge in [-0.25, -0.2) is 0 Å². The number of aryl methyl sites for hydroxylation is 1. The summed E-state index contributed by atoms with van der Waals surface area (Å²) in [4.78, 5) is 14.4. The van der Waals surface area contributed by atoms with Gasteiger partial charge in [-0.1, -0.05) is 36.8 Å². The Kier molecular flexibility index (Phi) is 5.11. The topological polar surface area (TPSA) is 32.3 Å². The quantitative estimate of drug-likeness (QED) is 0.906. The first kappa shape index (κ1) is 15.4. The zero-order valence-electron chi connectivity index (χ0n) is 12.7. The second kappa shape index (κ2) is 6.64. The van der Waals surface area contributed by atoms with E-state index >= 15 is 0 Å². The van der Waals surface area contributed by atoms with E-state index in [1.54, 1.807) is 0 Å². The number of carbonyl (C=O) groups is 1. The molecule has 3 atom stereocenters. The van der Waals surface area contributed by atoms with Crippen LogP contribution in [0.4, 0.5) is 0 Å². The highest BCUT2D eigenvalue weighted by atomic mass is 32.2. The van der Waals surface area contributed by atoms with Crippen molar-refractivity contribution < 1.29 is 4.79 Å². The van der Waals surface area contributed by atoms with Crippen LogP contribution in [0.15, 0.2) is 24.3 Å². The lowest BCUT2D eigenvalue weighted by molar-refractivity contribution is -0.130. The maximum absolute atomic E-state index is 12.4. The van der Waals surface area contributed by atoms with Gasteiger partial charge in [0.1, 0.15) is 6.17 Å². The van der Waals surface area contributed by atoms with Crippen LogP contribution in [0.3, 0.4) is 0 Å². The normalized spacial score (nSPS) is 24.2. The van der Waals surface area contributed by atoms with Crippen molar-refractivity contribution in [2.75, 3.05) is 18.6 Å². The zero-order valence-corrected chi connectivity index (χ0v) is 13.5. The van der Waals surface area contributed by atoms with E-state index in [9.17, 15) is 4.79 Å². The van der Waals surface area contributed by atoms with Crippen LogP contribution in [-0.2, 0) is 4.79 Å². The third kappa shape index (κ3) is 3.36. The van der Waals surface area contributed by atoms with Gasteiger partial charge in [-0.2, -0.15) is 11.8 Å². The molecular weight excluding hydrogens is 268 g/mol. The third-order valence-corrected chi connectivity index (χ3v) is 4.59. The van der Waals surface area contributed by atoms with Crippen LogP contribution >= 0.6 is 11.8 Å². The van der Waals surface area contributed by atoms with Gasteiger partial charge in [-0.3, -0.25) is 10.1 Å². The molecule has 2 rings (SSSR count). The second-order valence-electron chi connectivity index (χ2n) is 5.76. The molecule has 20 heavy (non-hydrogen) atoms. The van der Waals surface area contributed by atoms with E-state index in [-0.39, 0.29) is 18.1 Å². The Morgan fingerprint density at radius 2 is 2.20 bits per heavy atom. The van der Waals surface area contributed by atoms with E-state index in [0.29, 0.717) is 5.92 Å². The van der Waals surface area contributed by atoms with Crippen molar-refractivity contribution in [2.24, 2.45) is 5.92 Å². The van der Waals surface area contributed by atoms with Gasteiger partial charge in [0.15, 0.2) is 0 Å². The summed E-state index contributed by atoms with van der Waals surface area (Å²) in [7, 11) is 0. The molecule has 1 N–H and O–H groups in total. The molecule has 0 saturated carbocycles. The minimum Gasteiger partial charge on any atom is -0.321 e. The summed E-state index contributed by atoms with van der Waals surface area (Å²) in [5, 5.41) is 3.41. The van der Waals surface area contributed by atoms with E-state index in [4.69, 9.17) is 0 Å². The van der Waals surface area contributed by atoms with Crippen molar-refractivity contribution in [3.8, 4) is 0 Å². The second-order valence-corrected chi connectivity index (χ2v) is 6.67. The van der Waals surface area contributed by atoms with E-state index in [1.807, 2.05) is 23.6 Å². The Balaban J connectivity index is 2.19. The van der Waals surface area contributed by atoms with Crippen molar-refractivity contribution >= 4 is 17.7 Å². The molecule has 1 aliphatic rings. The highest BCUT2D eigenvalue weighted by molar-refractivity contribution is 7.98. The SMILES string of the molecule is CSCC(C)CN1C(=O)C(C)NC1c1cccc(C)c1. The Bertz CT molecular complexity index is 477. The van der Waals surface area contributed by atoms with Crippen molar-refractivity contribution in [2.45, 2.75) is 33.0 Å². The van der Waals surface area contributed by atoms with E-state index in [1.165, 1.54) is 11.1 Å². The maximum Gasteiger partial charge on any atom is 0.241 e. The van der Waals surface area contributed by atoms with Gasteiger partial charge in [0.25, 0.3) is 0 Å². The van der Waals surface area contributed by atoms with Crippen LogP contribution in [0.5, 0.6) is 0 Å². The van der Waals surface area contributed by atoms with Crippen LogP contribution in [0, 0.1) is 12.8 Å². The fraction of sp³-hybridized carbons (Fsp3) is 0.562. The predicted molar refractivity (Wildman–Crippen MR) is 85.8 cm³/mol. The van der Waals surface area contributed by atoms with Crippen molar-refractivity contribution in [1.29, 1.82) is 0 Å². The van der Waals surface area contributed by atoms with Gasteiger partial charge in [0.2, 0.25) is 5.91 Å². The Hall–Kier alpha value is -1.00. The molecule has 0 aromatic heterocycles. The van der Waals surface area contributed by atoms with Gasteiger partial charge < -0.3 is 4.90 Å². The van der Waals surface area contributed by atoms with Gasteiger partial charge in [-0.05, 0) is 37.3 Å². The number of amides is 1. The number of rotatable bonds is 5. The summed E-state index contributed by atoms with van der Waals surface area (Å²) in [6, 6.07) is 8.31. The average Bonchev–Trinajstić information content (AvgIpc) is 2.67. The standard InChI is InChI=1S/C16H24N2OS/c1-11-6-5-7-14(8-11)15-17-13(3)16(19)18(15)9-12(2)10-20-4/h5-8,12-13,15,17H,9-10H2,1-4H3. The molecule has 0 aliphatic carbocycles. The van der Waals surface area contributed by atoms with Crippen LogP contribution in [-0.4, -0.2) is 35.4 Å². The van der Waals surface area contributed by atoms with E-state index in [0.717, 1.165) is 12.3 Å².